The van der Waals surface area contributed by atoms with Gasteiger partial charge in [-0.3, -0.25) is 0 Å². The van der Waals surface area contributed by atoms with E-state index in [1.165, 1.54) is 0 Å². The summed E-state index contributed by atoms with van der Waals surface area (Å²) in [5, 5.41) is 9.86. The zero-order chi connectivity index (χ0) is 19.7. The van der Waals surface area contributed by atoms with Gasteiger partial charge in [0.25, 0.3) is 0 Å². The van der Waals surface area contributed by atoms with E-state index in [1.807, 2.05) is 22.8 Å². The van der Waals surface area contributed by atoms with Crippen molar-refractivity contribution in [3.05, 3.63) is 59.8 Å². The van der Waals surface area contributed by atoms with Crippen molar-refractivity contribution in [1.82, 2.24) is 9.88 Å². The quantitative estimate of drug-likeness (QED) is 0.499. The lowest BCUT2D eigenvalue weighted by molar-refractivity contribution is -0.685. The molecule has 3 aromatic rings. The Morgan fingerprint density at radius 3 is 2.79 bits per heavy atom. The highest BCUT2D eigenvalue weighted by molar-refractivity contribution is 5.60. The summed E-state index contributed by atoms with van der Waals surface area (Å²) in [5.41, 5.74) is 8.26. The Hall–Kier alpha value is -3.06. The molecule has 1 aliphatic heterocycles. The van der Waals surface area contributed by atoms with Crippen LogP contribution < -0.4 is 15.0 Å². The Bertz CT molecular complexity index is 968. The largest absolute Gasteiger partial charge is 0.508 e. The molecule has 0 saturated heterocycles. The molecule has 0 amide bonds. The first-order chi connectivity index (χ1) is 13.6. The molecule has 0 radical (unpaired) electrons. The maximum atomic E-state index is 9.86. The second-order valence-corrected chi connectivity index (χ2v) is 6.84. The number of nitrogen functional groups attached to an aromatic ring is 1. The van der Waals surface area contributed by atoms with Gasteiger partial charge in [0.05, 0.1) is 18.7 Å². The molecule has 0 aliphatic carbocycles. The fraction of sp³-hybridized carbons (Fsp3) is 0.333. The summed E-state index contributed by atoms with van der Waals surface area (Å²) in [6.07, 6.45) is 3.36. The molecular weight excluding hydrogens is 356 g/mol. The zero-order valence-corrected chi connectivity index (χ0v) is 16.1. The van der Waals surface area contributed by atoms with Crippen LogP contribution in [0.2, 0.25) is 0 Å². The SMILES string of the molecule is CCN(CC)CC[n+]1cnc2c(c1N)[C@@H](c1ccco1)c1ccc(O)cc1O2. The van der Waals surface area contributed by atoms with E-state index in [-0.39, 0.29) is 11.7 Å². The van der Waals surface area contributed by atoms with Crippen LogP contribution in [0.4, 0.5) is 5.82 Å². The van der Waals surface area contributed by atoms with Crippen LogP contribution in [0.1, 0.15) is 36.7 Å². The van der Waals surface area contributed by atoms with Gasteiger partial charge in [-0.1, -0.05) is 24.9 Å². The zero-order valence-electron chi connectivity index (χ0n) is 16.1. The van der Waals surface area contributed by atoms with Crippen molar-refractivity contribution >= 4 is 5.82 Å². The number of rotatable bonds is 6. The van der Waals surface area contributed by atoms with Gasteiger partial charge in [0.15, 0.2) is 0 Å². The number of nitrogens with two attached hydrogens (primary N) is 1. The van der Waals surface area contributed by atoms with Crippen LogP contribution in [0.15, 0.2) is 47.3 Å². The molecule has 7 heteroatoms. The number of benzene rings is 1. The highest BCUT2D eigenvalue weighted by Crippen LogP contribution is 2.48. The fourth-order valence-electron chi connectivity index (χ4n) is 3.70. The lowest BCUT2D eigenvalue weighted by atomic mass is 9.87. The molecule has 4 rings (SSSR count). The summed E-state index contributed by atoms with van der Waals surface area (Å²) in [5.74, 6) is 2.25. The number of hydrogen-bond donors (Lipinski definition) is 2. The van der Waals surface area contributed by atoms with Gasteiger partial charge in [-0.05, 0) is 31.3 Å². The second kappa shape index (κ2) is 7.52. The Morgan fingerprint density at radius 1 is 1.25 bits per heavy atom. The molecule has 0 spiro atoms. The van der Waals surface area contributed by atoms with Gasteiger partial charge >= 0.3 is 5.88 Å². The van der Waals surface area contributed by atoms with Crippen molar-refractivity contribution in [1.29, 1.82) is 0 Å². The first-order valence-electron chi connectivity index (χ1n) is 9.56. The summed E-state index contributed by atoms with van der Waals surface area (Å²) < 4.78 is 13.7. The van der Waals surface area contributed by atoms with Gasteiger partial charge < -0.3 is 24.9 Å². The molecule has 0 unspecified atom stereocenters. The number of hydrogen-bond acceptors (Lipinski definition) is 6. The smallest absolute Gasteiger partial charge is 0.306 e. The number of aromatic hydroxyl groups is 1. The number of likely N-dealkylation sites (N-methyl/N-ethyl adjacent to an activating group) is 1. The molecule has 0 saturated carbocycles. The first kappa shape index (κ1) is 18.3. The van der Waals surface area contributed by atoms with Gasteiger partial charge in [-0.25, -0.2) is 4.57 Å². The normalized spacial score (nSPS) is 15.2. The van der Waals surface area contributed by atoms with Crippen LogP contribution >= 0.6 is 0 Å². The Labute approximate surface area is 164 Å². The van der Waals surface area contributed by atoms with Crippen molar-refractivity contribution in [2.24, 2.45) is 0 Å². The monoisotopic (exact) mass is 381 g/mol. The lowest BCUT2D eigenvalue weighted by Gasteiger charge is -2.26. The number of aromatic nitrogens is 2. The fourth-order valence-corrected chi connectivity index (χ4v) is 3.70. The molecule has 0 bridgehead atoms. The molecule has 7 nitrogen and oxygen atoms in total. The standard InChI is InChI=1S/C21H24N4O3/c1-3-24(4-2)9-10-25-13-23-21-19(20(25)22)18(16-6-5-11-27-16)15-8-7-14(26)12-17(15)28-21/h5-8,11-13,18,22,26H,3-4,9-10H2,1-2H3/p+1/t18-/m1/s1. The van der Waals surface area contributed by atoms with Gasteiger partial charge in [-0.15, -0.1) is 0 Å². The van der Waals surface area contributed by atoms with E-state index < -0.39 is 0 Å². The summed E-state index contributed by atoms with van der Waals surface area (Å²) in [4.78, 5) is 6.86. The van der Waals surface area contributed by atoms with Crippen LogP contribution in [-0.4, -0.2) is 34.6 Å². The van der Waals surface area contributed by atoms with E-state index in [0.717, 1.165) is 43.1 Å². The van der Waals surface area contributed by atoms with E-state index in [4.69, 9.17) is 14.9 Å². The summed E-state index contributed by atoms with van der Waals surface area (Å²) >= 11 is 0. The predicted octanol–water partition coefficient (Wildman–Crippen LogP) is 2.88. The van der Waals surface area contributed by atoms with Crippen molar-refractivity contribution < 1.29 is 18.8 Å². The Morgan fingerprint density at radius 2 is 2.07 bits per heavy atom. The molecule has 1 aromatic carbocycles. The predicted molar refractivity (Wildman–Crippen MR) is 104 cm³/mol. The lowest BCUT2D eigenvalue weighted by Crippen LogP contribution is -2.44. The van der Waals surface area contributed by atoms with Crippen LogP contribution in [0, 0.1) is 0 Å². The van der Waals surface area contributed by atoms with E-state index in [0.29, 0.717) is 17.4 Å². The van der Waals surface area contributed by atoms with E-state index in [2.05, 4.69) is 23.7 Å². The van der Waals surface area contributed by atoms with E-state index >= 15 is 0 Å². The van der Waals surface area contributed by atoms with Crippen molar-refractivity contribution in [2.45, 2.75) is 26.3 Å². The highest BCUT2D eigenvalue weighted by Gasteiger charge is 2.37. The molecule has 3 heterocycles. The second-order valence-electron chi connectivity index (χ2n) is 6.84. The molecular formula is C21H25N4O3+. The number of ether oxygens (including phenoxy) is 1. The number of phenolic OH excluding ortho intramolecular Hbond substituents is 1. The average Bonchev–Trinajstić information content (AvgIpc) is 3.23. The first-order valence-corrected chi connectivity index (χ1v) is 9.56. The maximum Gasteiger partial charge on any atom is 0.306 e. The number of phenols is 1. The number of fused-ring (bicyclic) bond motifs is 2. The van der Waals surface area contributed by atoms with Gasteiger partial charge in [0, 0.05) is 18.2 Å². The van der Waals surface area contributed by atoms with Crippen LogP contribution in [0.5, 0.6) is 17.4 Å². The third kappa shape index (κ3) is 3.18. The molecule has 3 N–H and O–H groups in total. The molecule has 0 fully saturated rings. The van der Waals surface area contributed by atoms with Crippen LogP contribution in [0.25, 0.3) is 0 Å². The minimum atomic E-state index is -0.247. The highest BCUT2D eigenvalue weighted by atomic mass is 16.5. The van der Waals surface area contributed by atoms with Crippen molar-refractivity contribution in [2.75, 3.05) is 25.4 Å². The van der Waals surface area contributed by atoms with Gasteiger partial charge in [0.2, 0.25) is 12.1 Å². The summed E-state index contributed by atoms with van der Waals surface area (Å²) in [6, 6.07) is 8.85. The number of nitrogens with zero attached hydrogens (tertiary/aromatic N) is 3. The third-order valence-corrected chi connectivity index (χ3v) is 5.31. The number of anilines is 1. The number of furan rings is 1. The molecule has 1 aliphatic rings. The third-order valence-electron chi connectivity index (χ3n) is 5.31. The van der Waals surface area contributed by atoms with Crippen molar-refractivity contribution in [3.8, 4) is 17.4 Å². The van der Waals surface area contributed by atoms with Gasteiger partial charge in [0.1, 0.15) is 22.8 Å². The van der Waals surface area contributed by atoms with Crippen LogP contribution in [-0.2, 0) is 6.54 Å². The average molecular weight is 381 g/mol. The van der Waals surface area contributed by atoms with Crippen molar-refractivity contribution in [3.63, 3.8) is 0 Å². The minimum Gasteiger partial charge on any atom is -0.508 e. The summed E-state index contributed by atoms with van der Waals surface area (Å²) in [6.45, 7) is 7.90. The molecule has 2 aromatic heterocycles. The van der Waals surface area contributed by atoms with E-state index in [1.54, 1.807) is 24.7 Å². The van der Waals surface area contributed by atoms with E-state index in [9.17, 15) is 5.11 Å². The topological polar surface area (TPSA) is 88.6 Å². The Balaban J connectivity index is 1.79. The minimum absolute atomic E-state index is 0.138. The summed E-state index contributed by atoms with van der Waals surface area (Å²) in [7, 11) is 0. The van der Waals surface area contributed by atoms with Gasteiger partial charge in [-0.2, -0.15) is 0 Å². The molecule has 146 valence electrons. The maximum absolute atomic E-state index is 9.86. The molecule has 28 heavy (non-hydrogen) atoms. The van der Waals surface area contributed by atoms with Crippen LogP contribution in [0.3, 0.4) is 0 Å². The Kier molecular flexibility index (Phi) is 4.92. The molecule has 1 atom stereocenters.